The minimum absolute atomic E-state index is 0.0520. The fraction of sp³-hybridized carbons (Fsp3) is 0.467. The van der Waals surface area contributed by atoms with Gasteiger partial charge in [0.2, 0.25) is 0 Å². The average Bonchev–Trinajstić information content (AvgIpc) is 2.49. The van der Waals surface area contributed by atoms with Crippen LogP contribution in [-0.2, 0) is 15.8 Å². The van der Waals surface area contributed by atoms with Gasteiger partial charge in [0, 0.05) is 0 Å². The monoisotopic (exact) mass is 333 g/mol. The first-order chi connectivity index (χ1) is 10.6. The number of nitrogens with one attached hydrogen (secondary N) is 1. The molecule has 0 heterocycles. The van der Waals surface area contributed by atoms with Crippen LogP contribution in [0.4, 0.5) is 13.2 Å². The lowest BCUT2D eigenvalue weighted by molar-refractivity contribution is -0.145. The summed E-state index contributed by atoms with van der Waals surface area (Å²) in [5.74, 6) is -2.58. The van der Waals surface area contributed by atoms with Crippen LogP contribution in [0.3, 0.4) is 0 Å². The van der Waals surface area contributed by atoms with Crippen molar-refractivity contribution in [2.75, 3.05) is 0 Å². The first kappa shape index (κ1) is 19.0. The van der Waals surface area contributed by atoms with E-state index in [2.05, 4.69) is 5.32 Å². The summed E-state index contributed by atoms with van der Waals surface area (Å²) in [5, 5.41) is 21.2. The van der Waals surface area contributed by atoms with Crippen molar-refractivity contribution in [3.05, 3.63) is 35.4 Å². The largest absolute Gasteiger partial charge is 0.480 e. The third-order valence-electron chi connectivity index (χ3n) is 3.58. The Balaban J connectivity index is 2.85. The number of amides is 1. The van der Waals surface area contributed by atoms with Crippen molar-refractivity contribution in [3.63, 3.8) is 0 Å². The van der Waals surface area contributed by atoms with E-state index in [9.17, 15) is 27.9 Å². The van der Waals surface area contributed by atoms with Gasteiger partial charge < -0.3 is 15.5 Å². The van der Waals surface area contributed by atoms with Crippen LogP contribution < -0.4 is 5.32 Å². The minimum Gasteiger partial charge on any atom is -0.480 e. The molecule has 0 saturated heterocycles. The van der Waals surface area contributed by atoms with Gasteiger partial charge in [-0.25, -0.2) is 4.79 Å². The van der Waals surface area contributed by atoms with Crippen LogP contribution >= 0.6 is 0 Å². The number of hydrogen-bond acceptors (Lipinski definition) is 3. The molecule has 0 radical (unpaired) electrons. The molecule has 0 fully saturated rings. The molecule has 0 bridgehead atoms. The van der Waals surface area contributed by atoms with Gasteiger partial charge in [-0.3, -0.25) is 4.79 Å². The van der Waals surface area contributed by atoms with E-state index < -0.39 is 35.8 Å². The number of aliphatic hydroxyl groups is 1. The minimum atomic E-state index is -4.52. The maximum atomic E-state index is 12.5. The van der Waals surface area contributed by atoms with Crippen LogP contribution in [0.15, 0.2) is 24.3 Å². The van der Waals surface area contributed by atoms with Crippen LogP contribution in [0.5, 0.6) is 0 Å². The van der Waals surface area contributed by atoms with Gasteiger partial charge in [-0.1, -0.05) is 32.4 Å². The fourth-order valence-electron chi connectivity index (χ4n) is 1.92. The molecule has 128 valence electrons. The van der Waals surface area contributed by atoms with Crippen LogP contribution in [0, 0.1) is 5.92 Å². The summed E-state index contributed by atoms with van der Waals surface area (Å²) >= 11 is 0. The molecule has 5 nitrogen and oxygen atoms in total. The molecule has 1 rings (SSSR count). The zero-order valence-electron chi connectivity index (χ0n) is 12.6. The molecule has 0 aliphatic heterocycles. The topological polar surface area (TPSA) is 86.6 Å². The Morgan fingerprint density at radius 1 is 1.22 bits per heavy atom. The van der Waals surface area contributed by atoms with Gasteiger partial charge in [0.25, 0.3) is 5.91 Å². The van der Waals surface area contributed by atoms with Crippen molar-refractivity contribution in [1.29, 1.82) is 0 Å². The van der Waals surface area contributed by atoms with Gasteiger partial charge in [-0.05, 0) is 23.6 Å². The summed E-state index contributed by atoms with van der Waals surface area (Å²) in [6.45, 7) is 3.38. The lowest BCUT2D eigenvalue weighted by Gasteiger charge is -2.22. The summed E-state index contributed by atoms with van der Waals surface area (Å²) in [6.07, 6.45) is -5.77. The normalized spacial score (nSPS) is 15.6. The van der Waals surface area contributed by atoms with Crippen molar-refractivity contribution in [1.82, 2.24) is 5.32 Å². The Morgan fingerprint density at radius 2 is 1.74 bits per heavy atom. The molecular weight excluding hydrogens is 315 g/mol. The second-order valence-electron chi connectivity index (χ2n) is 5.23. The SMILES string of the molecule is CC[C@H](C)[C@@H](NC(=O)[C@@H](O)c1ccc(C(F)(F)F)cc1)C(=O)O. The van der Waals surface area contributed by atoms with Crippen LogP contribution in [-0.4, -0.2) is 28.1 Å². The molecule has 23 heavy (non-hydrogen) atoms. The zero-order valence-corrected chi connectivity index (χ0v) is 12.6. The maximum Gasteiger partial charge on any atom is 0.416 e. The lowest BCUT2D eigenvalue weighted by Crippen LogP contribution is -2.46. The highest BCUT2D eigenvalue weighted by Crippen LogP contribution is 2.30. The van der Waals surface area contributed by atoms with Crippen LogP contribution in [0.25, 0.3) is 0 Å². The Morgan fingerprint density at radius 3 is 2.13 bits per heavy atom. The number of halogens is 3. The molecule has 1 aromatic carbocycles. The molecule has 8 heteroatoms. The van der Waals surface area contributed by atoms with Gasteiger partial charge in [-0.2, -0.15) is 13.2 Å². The third-order valence-corrected chi connectivity index (χ3v) is 3.58. The second kappa shape index (κ2) is 7.45. The number of aliphatic hydroxyl groups excluding tert-OH is 1. The Bertz CT molecular complexity index is 557. The summed E-state index contributed by atoms with van der Waals surface area (Å²) in [6, 6.07) is 2.26. The van der Waals surface area contributed by atoms with E-state index in [1.807, 2.05) is 0 Å². The molecule has 0 unspecified atom stereocenters. The number of carbonyl (C=O) groups is 2. The van der Waals surface area contributed by atoms with Crippen LogP contribution in [0.2, 0.25) is 0 Å². The molecule has 0 aliphatic carbocycles. The third kappa shape index (κ3) is 4.95. The number of carboxylic acids is 1. The molecular formula is C15H18F3NO4. The Hall–Kier alpha value is -2.09. The first-order valence-electron chi connectivity index (χ1n) is 6.96. The van der Waals surface area contributed by atoms with E-state index in [0.29, 0.717) is 6.42 Å². The second-order valence-corrected chi connectivity index (χ2v) is 5.23. The summed E-state index contributed by atoms with van der Waals surface area (Å²) < 4.78 is 37.4. The first-order valence-corrected chi connectivity index (χ1v) is 6.96. The molecule has 0 spiro atoms. The number of benzene rings is 1. The van der Waals surface area contributed by atoms with E-state index in [4.69, 9.17) is 5.11 Å². The number of carbonyl (C=O) groups excluding carboxylic acids is 1. The van der Waals surface area contributed by atoms with Gasteiger partial charge in [0.05, 0.1) is 5.56 Å². The summed E-state index contributed by atoms with van der Waals surface area (Å²) in [5.41, 5.74) is -0.958. The van der Waals surface area contributed by atoms with Gasteiger partial charge in [0.15, 0.2) is 6.10 Å². The van der Waals surface area contributed by atoms with E-state index in [1.54, 1.807) is 13.8 Å². The molecule has 0 aliphatic rings. The Labute approximate surface area is 131 Å². The maximum absolute atomic E-state index is 12.5. The number of aliphatic carboxylic acids is 1. The van der Waals surface area contributed by atoms with E-state index in [1.165, 1.54) is 0 Å². The molecule has 1 aromatic rings. The van der Waals surface area contributed by atoms with E-state index in [-0.39, 0.29) is 11.5 Å². The molecule has 1 amide bonds. The predicted octanol–water partition coefficient (Wildman–Crippen LogP) is 2.35. The highest BCUT2D eigenvalue weighted by molar-refractivity contribution is 5.87. The highest BCUT2D eigenvalue weighted by atomic mass is 19.4. The van der Waals surface area contributed by atoms with Gasteiger partial charge in [-0.15, -0.1) is 0 Å². The standard InChI is InChI=1S/C15H18F3NO4/c1-3-8(2)11(14(22)23)19-13(21)12(20)9-4-6-10(7-5-9)15(16,17)18/h4-8,11-12,20H,3H2,1-2H3,(H,19,21)(H,22,23)/t8-,11+,12-/m0/s1. The van der Waals surface area contributed by atoms with E-state index in [0.717, 1.165) is 24.3 Å². The molecule has 3 N–H and O–H groups in total. The summed E-state index contributed by atoms with van der Waals surface area (Å²) in [4.78, 5) is 23.0. The van der Waals surface area contributed by atoms with Crippen molar-refractivity contribution < 1.29 is 33.0 Å². The van der Waals surface area contributed by atoms with Gasteiger partial charge >= 0.3 is 12.1 Å². The zero-order chi connectivity index (χ0) is 17.8. The number of rotatable bonds is 6. The molecule has 0 saturated carbocycles. The number of hydrogen-bond donors (Lipinski definition) is 3. The smallest absolute Gasteiger partial charge is 0.416 e. The average molecular weight is 333 g/mol. The number of alkyl halides is 3. The lowest BCUT2D eigenvalue weighted by atomic mass is 9.98. The van der Waals surface area contributed by atoms with Crippen molar-refractivity contribution in [2.24, 2.45) is 5.92 Å². The quantitative estimate of drug-likeness (QED) is 0.746. The van der Waals surface area contributed by atoms with Crippen LogP contribution in [0.1, 0.15) is 37.5 Å². The highest BCUT2D eigenvalue weighted by Gasteiger charge is 2.31. The van der Waals surface area contributed by atoms with Gasteiger partial charge in [0.1, 0.15) is 6.04 Å². The van der Waals surface area contributed by atoms with E-state index >= 15 is 0 Å². The Kier molecular flexibility index (Phi) is 6.14. The fourth-order valence-corrected chi connectivity index (χ4v) is 1.92. The van der Waals surface area contributed by atoms with Crippen molar-refractivity contribution in [3.8, 4) is 0 Å². The molecule has 3 atom stereocenters. The number of carboxylic acid groups (broad SMARTS) is 1. The van der Waals surface area contributed by atoms with Crippen molar-refractivity contribution >= 4 is 11.9 Å². The molecule has 0 aromatic heterocycles. The summed E-state index contributed by atoms with van der Waals surface area (Å²) in [7, 11) is 0. The predicted molar refractivity (Wildman–Crippen MR) is 75.4 cm³/mol. The van der Waals surface area contributed by atoms with Crippen molar-refractivity contribution in [2.45, 2.75) is 38.6 Å².